The SMILES string of the molecule is CCC(Nc1ccc(Cc2ccc(NC3=NCCN3)cc2)cc1)S(=O)(=O)CC.Cl. The lowest BCUT2D eigenvalue weighted by molar-refractivity contribution is 0.584. The Balaban J connectivity index is 0.00000300. The number of sulfone groups is 1. The van der Waals surface area contributed by atoms with Gasteiger partial charge in [0.25, 0.3) is 0 Å². The van der Waals surface area contributed by atoms with Gasteiger partial charge in [0.2, 0.25) is 0 Å². The summed E-state index contributed by atoms with van der Waals surface area (Å²) in [4.78, 5) is 4.33. The smallest absolute Gasteiger partial charge is 0.195 e. The van der Waals surface area contributed by atoms with Gasteiger partial charge in [0.05, 0.1) is 6.54 Å². The van der Waals surface area contributed by atoms with Crippen molar-refractivity contribution in [3.63, 3.8) is 0 Å². The van der Waals surface area contributed by atoms with E-state index in [0.717, 1.165) is 36.8 Å². The predicted octanol–water partition coefficient (Wildman–Crippen LogP) is 3.65. The van der Waals surface area contributed by atoms with Crippen molar-refractivity contribution in [3.05, 3.63) is 59.7 Å². The summed E-state index contributed by atoms with van der Waals surface area (Å²) in [5.74, 6) is 0.969. The Morgan fingerprint density at radius 3 is 2.07 bits per heavy atom. The van der Waals surface area contributed by atoms with Gasteiger partial charge < -0.3 is 16.0 Å². The minimum absolute atomic E-state index is 0. The number of anilines is 2. The van der Waals surface area contributed by atoms with Crippen molar-refractivity contribution >= 4 is 39.6 Å². The molecule has 1 aliphatic rings. The lowest BCUT2D eigenvalue weighted by Gasteiger charge is -2.18. The first-order valence-corrected chi connectivity index (χ1v) is 11.4. The van der Waals surface area contributed by atoms with Crippen LogP contribution in [0.3, 0.4) is 0 Å². The third-order valence-electron chi connectivity index (χ3n) is 4.79. The van der Waals surface area contributed by atoms with Gasteiger partial charge in [-0.25, -0.2) is 8.42 Å². The molecule has 0 radical (unpaired) electrons. The van der Waals surface area contributed by atoms with E-state index < -0.39 is 15.2 Å². The first-order valence-electron chi connectivity index (χ1n) is 9.71. The third-order valence-corrected chi connectivity index (χ3v) is 6.91. The van der Waals surface area contributed by atoms with E-state index >= 15 is 0 Å². The molecule has 158 valence electrons. The molecule has 1 unspecified atom stereocenters. The summed E-state index contributed by atoms with van der Waals surface area (Å²) in [6.45, 7) is 5.26. The van der Waals surface area contributed by atoms with Gasteiger partial charge in [-0.15, -0.1) is 12.4 Å². The summed E-state index contributed by atoms with van der Waals surface area (Å²) < 4.78 is 24.2. The summed E-state index contributed by atoms with van der Waals surface area (Å²) in [5, 5.41) is 9.05. The second-order valence-corrected chi connectivity index (χ2v) is 9.32. The van der Waals surface area contributed by atoms with E-state index in [9.17, 15) is 8.42 Å². The standard InChI is InChI=1S/C21H28N4O2S.ClH/c1-3-20(28(26,27)4-2)24-18-9-5-16(6-10-18)15-17-7-11-19(12-8-17)25-21-22-13-14-23-21;/h5-12,20,24H,3-4,13-15H2,1-2H3,(H2,22,23,25);1H. The molecule has 1 aliphatic heterocycles. The molecule has 6 nitrogen and oxygen atoms in total. The second-order valence-electron chi connectivity index (χ2n) is 6.85. The fourth-order valence-electron chi connectivity index (χ4n) is 3.11. The maximum atomic E-state index is 12.1. The zero-order valence-corrected chi connectivity index (χ0v) is 18.4. The quantitative estimate of drug-likeness (QED) is 0.588. The van der Waals surface area contributed by atoms with Crippen molar-refractivity contribution in [1.29, 1.82) is 0 Å². The Labute approximate surface area is 179 Å². The van der Waals surface area contributed by atoms with Crippen molar-refractivity contribution in [1.82, 2.24) is 5.32 Å². The number of benzene rings is 2. The van der Waals surface area contributed by atoms with Crippen molar-refractivity contribution in [3.8, 4) is 0 Å². The molecule has 0 spiro atoms. The minimum atomic E-state index is -3.11. The van der Waals surface area contributed by atoms with Gasteiger partial charge in [-0.1, -0.05) is 38.1 Å². The highest BCUT2D eigenvalue weighted by atomic mass is 35.5. The number of guanidine groups is 1. The average Bonchev–Trinajstić information content (AvgIpc) is 3.22. The van der Waals surface area contributed by atoms with E-state index in [-0.39, 0.29) is 18.2 Å². The minimum Gasteiger partial charge on any atom is -0.369 e. The Kier molecular flexibility index (Phi) is 8.34. The van der Waals surface area contributed by atoms with Crippen molar-refractivity contribution in [2.75, 3.05) is 29.5 Å². The fourth-order valence-corrected chi connectivity index (χ4v) is 4.34. The largest absolute Gasteiger partial charge is 0.369 e. The summed E-state index contributed by atoms with van der Waals surface area (Å²) in [5.41, 5.74) is 4.24. The summed E-state index contributed by atoms with van der Waals surface area (Å²) >= 11 is 0. The Morgan fingerprint density at radius 2 is 1.59 bits per heavy atom. The van der Waals surface area contributed by atoms with Gasteiger partial charge in [-0.3, -0.25) is 4.99 Å². The van der Waals surface area contributed by atoms with Crippen LogP contribution in [-0.2, 0) is 16.3 Å². The van der Waals surface area contributed by atoms with Crippen molar-refractivity contribution < 1.29 is 8.42 Å². The van der Waals surface area contributed by atoms with Gasteiger partial charge >= 0.3 is 0 Å². The van der Waals surface area contributed by atoms with Gasteiger partial charge in [-0.2, -0.15) is 0 Å². The molecule has 3 N–H and O–H groups in total. The van der Waals surface area contributed by atoms with Crippen LogP contribution in [-0.4, -0.2) is 38.6 Å². The summed E-state index contributed by atoms with van der Waals surface area (Å²) in [6, 6.07) is 16.3. The molecular formula is C21H29ClN4O2S. The highest BCUT2D eigenvalue weighted by molar-refractivity contribution is 7.92. The molecule has 1 heterocycles. The van der Waals surface area contributed by atoms with E-state index in [1.54, 1.807) is 6.92 Å². The molecule has 8 heteroatoms. The Morgan fingerprint density at radius 1 is 1.00 bits per heavy atom. The molecule has 0 fully saturated rings. The molecule has 0 bridgehead atoms. The molecule has 3 rings (SSSR count). The maximum Gasteiger partial charge on any atom is 0.195 e. The van der Waals surface area contributed by atoms with Crippen LogP contribution in [0, 0.1) is 0 Å². The number of halogens is 1. The van der Waals surface area contributed by atoms with E-state index in [2.05, 4.69) is 45.2 Å². The zero-order valence-electron chi connectivity index (χ0n) is 16.8. The topological polar surface area (TPSA) is 82.6 Å². The zero-order chi connectivity index (χ0) is 20.0. The van der Waals surface area contributed by atoms with Crippen LogP contribution in [0.15, 0.2) is 53.5 Å². The Bertz CT molecular complexity index is 913. The van der Waals surface area contributed by atoms with Crippen LogP contribution in [0.2, 0.25) is 0 Å². The maximum absolute atomic E-state index is 12.1. The monoisotopic (exact) mass is 436 g/mol. The molecule has 0 saturated heterocycles. The summed E-state index contributed by atoms with van der Waals surface area (Å²) in [6.07, 6.45) is 1.37. The average molecular weight is 437 g/mol. The third kappa shape index (κ3) is 6.37. The highest BCUT2D eigenvalue weighted by Crippen LogP contribution is 2.18. The van der Waals surface area contributed by atoms with Crippen LogP contribution in [0.5, 0.6) is 0 Å². The lowest BCUT2D eigenvalue weighted by Crippen LogP contribution is -2.30. The predicted molar refractivity (Wildman–Crippen MR) is 124 cm³/mol. The number of rotatable bonds is 8. The summed E-state index contributed by atoms with van der Waals surface area (Å²) in [7, 11) is -3.11. The van der Waals surface area contributed by atoms with Gasteiger partial charge in [0, 0.05) is 23.7 Å². The van der Waals surface area contributed by atoms with E-state index in [4.69, 9.17) is 0 Å². The molecule has 0 amide bonds. The van der Waals surface area contributed by atoms with Crippen molar-refractivity contribution in [2.24, 2.45) is 4.99 Å². The van der Waals surface area contributed by atoms with Gasteiger partial charge in [-0.05, 0) is 48.2 Å². The number of nitrogens with one attached hydrogen (secondary N) is 3. The van der Waals surface area contributed by atoms with E-state index in [1.807, 2.05) is 31.2 Å². The van der Waals surface area contributed by atoms with Gasteiger partial charge in [0.1, 0.15) is 5.37 Å². The second kappa shape index (κ2) is 10.5. The lowest BCUT2D eigenvalue weighted by atomic mass is 10.0. The molecular weight excluding hydrogens is 408 g/mol. The normalized spacial score (nSPS) is 14.3. The van der Waals surface area contributed by atoms with Crippen LogP contribution < -0.4 is 16.0 Å². The molecule has 0 saturated carbocycles. The van der Waals surface area contributed by atoms with E-state index in [1.165, 1.54) is 11.1 Å². The highest BCUT2D eigenvalue weighted by Gasteiger charge is 2.21. The molecule has 1 atom stereocenters. The molecule has 0 aliphatic carbocycles. The Hall–Kier alpha value is -2.25. The number of nitrogens with zero attached hydrogens (tertiary/aromatic N) is 1. The number of hydrogen-bond donors (Lipinski definition) is 3. The fraction of sp³-hybridized carbons (Fsp3) is 0.381. The first kappa shape index (κ1) is 23.0. The molecule has 2 aromatic carbocycles. The van der Waals surface area contributed by atoms with Crippen LogP contribution in [0.1, 0.15) is 31.4 Å². The molecule has 29 heavy (non-hydrogen) atoms. The first-order chi connectivity index (χ1) is 13.5. The van der Waals surface area contributed by atoms with Crippen LogP contribution in [0.25, 0.3) is 0 Å². The van der Waals surface area contributed by atoms with Crippen LogP contribution in [0.4, 0.5) is 11.4 Å². The van der Waals surface area contributed by atoms with Crippen molar-refractivity contribution in [2.45, 2.75) is 32.1 Å². The van der Waals surface area contributed by atoms with Gasteiger partial charge in [0.15, 0.2) is 15.8 Å². The number of hydrogen-bond acceptors (Lipinski definition) is 6. The molecule has 2 aromatic rings. The van der Waals surface area contributed by atoms with Crippen LogP contribution >= 0.6 is 12.4 Å². The van der Waals surface area contributed by atoms with E-state index in [0.29, 0.717) is 6.42 Å². The molecule has 0 aromatic heterocycles. The number of aliphatic imine (C=N–C) groups is 1.